The van der Waals surface area contributed by atoms with E-state index in [4.69, 9.17) is 0 Å². The van der Waals surface area contributed by atoms with Gasteiger partial charge in [-0.05, 0) is 18.7 Å². The summed E-state index contributed by atoms with van der Waals surface area (Å²) in [6.07, 6.45) is 1.68. The van der Waals surface area contributed by atoms with Crippen molar-refractivity contribution in [1.29, 1.82) is 0 Å². The molecule has 0 saturated carbocycles. The Balaban J connectivity index is 2.23. The van der Waals surface area contributed by atoms with E-state index in [0.29, 0.717) is 6.54 Å². The van der Waals surface area contributed by atoms with Crippen molar-refractivity contribution in [2.24, 2.45) is 0 Å². The maximum Gasteiger partial charge on any atom is 0.221 e. The maximum absolute atomic E-state index is 11.6. The standard InChI is InChI=1S/C17H18N4O/c1-11(22)21-16-12(9-18-2)5-3-6-13(16)14-7-4-8-15-17(14)20-10-19-15/h3-8,10,18H,9H2,1-2H3,(H,19,20)(H,21,22). The highest BCUT2D eigenvalue weighted by molar-refractivity contribution is 6.00. The fourth-order valence-corrected chi connectivity index (χ4v) is 2.67. The van der Waals surface area contributed by atoms with Gasteiger partial charge in [-0.1, -0.05) is 30.3 Å². The third-order valence-corrected chi connectivity index (χ3v) is 3.56. The van der Waals surface area contributed by atoms with Crippen molar-refractivity contribution in [3.63, 3.8) is 0 Å². The van der Waals surface area contributed by atoms with Crippen LogP contribution in [0.2, 0.25) is 0 Å². The number of benzene rings is 2. The normalized spacial score (nSPS) is 10.8. The van der Waals surface area contributed by atoms with Crippen molar-refractivity contribution in [1.82, 2.24) is 15.3 Å². The van der Waals surface area contributed by atoms with E-state index in [1.54, 1.807) is 6.33 Å². The molecule has 3 rings (SSSR count). The van der Waals surface area contributed by atoms with Crippen molar-refractivity contribution < 1.29 is 4.79 Å². The van der Waals surface area contributed by atoms with Crippen molar-refractivity contribution in [2.45, 2.75) is 13.5 Å². The molecule has 112 valence electrons. The van der Waals surface area contributed by atoms with Gasteiger partial charge in [0.15, 0.2) is 0 Å². The highest BCUT2D eigenvalue weighted by atomic mass is 16.1. The zero-order valence-corrected chi connectivity index (χ0v) is 12.6. The molecule has 0 aliphatic carbocycles. The number of para-hydroxylation sites is 2. The summed E-state index contributed by atoms with van der Waals surface area (Å²) in [6, 6.07) is 12.0. The Labute approximate surface area is 128 Å². The van der Waals surface area contributed by atoms with E-state index < -0.39 is 0 Å². The molecule has 0 atom stereocenters. The number of carbonyl (C=O) groups excluding carboxylic acids is 1. The number of fused-ring (bicyclic) bond motifs is 1. The molecule has 3 N–H and O–H groups in total. The second-order valence-corrected chi connectivity index (χ2v) is 5.16. The fourth-order valence-electron chi connectivity index (χ4n) is 2.67. The van der Waals surface area contributed by atoms with E-state index in [9.17, 15) is 4.79 Å². The molecule has 2 aromatic carbocycles. The lowest BCUT2D eigenvalue weighted by atomic mass is 9.98. The molecular weight excluding hydrogens is 276 g/mol. The van der Waals surface area contributed by atoms with Gasteiger partial charge in [-0.2, -0.15) is 0 Å². The summed E-state index contributed by atoms with van der Waals surface area (Å²) in [4.78, 5) is 19.1. The van der Waals surface area contributed by atoms with Crippen LogP contribution < -0.4 is 10.6 Å². The predicted molar refractivity (Wildman–Crippen MR) is 88.6 cm³/mol. The summed E-state index contributed by atoms with van der Waals surface area (Å²) in [5, 5.41) is 6.10. The number of nitrogens with zero attached hydrogens (tertiary/aromatic N) is 1. The zero-order valence-electron chi connectivity index (χ0n) is 12.6. The van der Waals surface area contributed by atoms with E-state index in [-0.39, 0.29) is 5.91 Å². The molecule has 0 fully saturated rings. The van der Waals surface area contributed by atoms with Gasteiger partial charge in [0.2, 0.25) is 5.91 Å². The first-order valence-corrected chi connectivity index (χ1v) is 7.17. The average molecular weight is 294 g/mol. The minimum absolute atomic E-state index is 0.0843. The summed E-state index contributed by atoms with van der Waals surface area (Å²) >= 11 is 0. The van der Waals surface area contributed by atoms with E-state index >= 15 is 0 Å². The van der Waals surface area contributed by atoms with Crippen LogP contribution in [0.5, 0.6) is 0 Å². The number of hydrogen-bond donors (Lipinski definition) is 3. The second-order valence-electron chi connectivity index (χ2n) is 5.16. The van der Waals surface area contributed by atoms with Gasteiger partial charge < -0.3 is 15.6 Å². The number of nitrogens with one attached hydrogen (secondary N) is 3. The third kappa shape index (κ3) is 2.58. The molecule has 0 unspecified atom stereocenters. The van der Waals surface area contributed by atoms with Crippen LogP contribution in [-0.4, -0.2) is 22.9 Å². The van der Waals surface area contributed by atoms with Crippen molar-refractivity contribution in [3.05, 3.63) is 48.3 Å². The molecule has 5 nitrogen and oxygen atoms in total. The van der Waals surface area contributed by atoms with Crippen LogP contribution >= 0.6 is 0 Å². The Kier molecular flexibility index (Phi) is 3.89. The minimum atomic E-state index is -0.0843. The highest BCUT2D eigenvalue weighted by Crippen LogP contribution is 2.34. The Hall–Kier alpha value is -2.66. The summed E-state index contributed by atoms with van der Waals surface area (Å²) in [5.74, 6) is -0.0843. The summed E-state index contributed by atoms with van der Waals surface area (Å²) in [5.41, 5.74) is 5.73. The van der Waals surface area contributed by atoms with E-state index in [0.717, 1.165) is 33.4 Å². The van der Waals surface area contributed by atoms with Gasteiger partial charge in [-0.3, -0.25) is 4.79 Å². The lowest BCUT2D eigenvalue weighted by Gasteiger charge is -2.15. The van der Waals surface area contributed by atoms with Crippen LogP contribution in [0, 0.1) is 0 Å². The molecule has 1 heterocycles. The quantitative estimate of drug-likeness (QED) is 0.693. The molecule has 0 radical (unpaired) electrons. The van der Waals surface area contributed by atoms with Crippen LogP contribution in [0.25, 0.3) is 22.2 Å². The van der Waals surface area contributed by atoms with Gasteiger partial charge in [0, 0.05) is 24.6 Å². The largest absolute Gasteiger partial charge is 0.345 e. The number of anilines is 1. The lowest BCUT2D eigenvalue weighted by Crippen LogP contribution is -2.13. The number of aromatic nitrogens is 2. The second kappa shape index (κ2) is 5.99. The van der Waals surface area contributed by atoms with Crippen LogP contribution in [0.3, 0.4) is 0 Å². The molecule has 0 aliphatic heterocycles. The summed E-state index contributed by atoms with van der Waals surface area (Å²) < 4.78 is 0. The van der Waals surface area contributed by atoms with Gasteiger partial charge in [0.1, 0.15) is 0 Å². The van der Waals surface area contributed by atoms with Crippen LogP contribution in [-0.2, 0) is 11.3 Å². The third-order valence-electron chi connectivity index (χ3n) is 3.56. The first-order chi connectivity index (χ1) is 10.7. The highest BCUT2D eigenvalue weighted by Gasteiger charge is 2.14. The van der Waals surface area contributed by atoms with Gasteiger partial charge >= 0.3 is 0 Å². The molecule has 22 heavy (non-hydrogen) atoms. The van der Waals surface area contributed by atoms with Gasteiger partial charge in [0.25, 0.3) is 0 Å². The molecule has 0 spiro atoms. The summed E-state index contributed by atoms with van der Waals surface area (Å²) in [6.45, 7) is 2.20. The summed E-state index contributed by atoms with van der Waals surface area (Å²) in [7, 11) is 1.89. The maximum atomic E-state index is 11.6. The smallest absolute Gasteiger partial charge is 0.221 e. The van der Waals surface area contributed by atoms with E-state index in [1.165, 1.54) is 6.92 Å². The zero-order chi connectivity index (χ0) is 15.5. The monoisotopic (exact) mass is 294 g/mol. The predicted octanol–water partition coefficient (Wildman–Crippen LogP) is 2.91. The fraction of sp³-hybridized carbons (Fsp3) is 0.176. The average Bonchev–Trinajstić information content (AvgIpc) is 2.97. The van der Waals surface area contributed by atoms with Gasteiger partial charge in [0.05, 0.1) is 23.0 Å². The van der Waals surface area contributed by atoms with Crippen LogP contribution in [0.4, 0.5) is 5.69 Å². The first-order valence-electron chi connectivity index (χ1n) is 7.17. The number of aromatic amines is 1. The first kappa shape index (κ1) is 14.3. The van der Waals surface area contributed by atoms with Crippen molar-refractivity contribution >= 4 is 22.6 Å². The van der Waals surface area contributed by atoms with E-state index in [2.05, 4.69) is 20.6 Å². The Bertz CT molecular complexity index is 822. The number of carbonyl (C=O) groups is 1. The van der Waals surface area contributed by atoms with Gasteiger partial charge in [-0.25, -0.2) is 4.98 Å². The number of rotatable bonds is 4. The van der Waals surface area contributed by atoms with Crippen molar-refractivity contribution in [3.8, 4) is 11.1 Å². The number of amides is 1. The molecule has 5 heteroatoms. The van der Waals surface area contributed by atoms with Crippen LogP contribution in [0.1, 0.15) is 12.5 Å². The SMILES string of the molecule is CNCc1cccc(-c2cccc3[nH]cnc23)c1NC(C)=O. The topological polar surface area (TPSA) is 69.8 Å². The molecule has 3 aromatic rings. The number of hydrogen-bond acceptors (Lipinski definition) is 3. The Morgan fingerprint density at radius 1 is 1.18 bits per heavy atom. The number of imidazole rings is 1. The lowest BCUT2D eigenvalue weighted by molar-refractivity contribution is -0.114. The number of H-pyrrole nitrogens is 1. The van der Waals surface area contributed by atoms with Crippen molar-refractivity contribution in [2.75, 3.05) is 12.4 Å². The van der Waals surface area contributed by atoms with Crippen LogP contribution in [0.15, 0.2) is 42.7 Å². The molecular formula is C17H18N4O. The Morgan fingerprint density at radius 2 is 1.95 bits per heavy atom. The Morgan fingerprint density at radius 3 is 2.73 bits per heavy atom. The molecule has 1 aromatic heterocycles. The van der Waals surface area contributed by atoms with Gasteiger partial charge in [-0.15, -0.1) is 0 Å². The molecule has 0 aliphatic rings. The molecule has 1 amide bonds. The minimum Gasteiger partial charge on any atom is -0.345 e. The molecule has 0 saturated heterocycles. The molecule has 0 bridgehead atoms. The van der Waals surface area contributed by atoms with E-state index in [1.807, 2.05) is 43.4 Å².